The number of rotatable bonds is 4. The van der Waals surface area contributed by atoms with Gasteiger partial charge in [0.1, 0.15) is 23.7 Å². The van der Waals surface area contributed by atoms with Gasteiger partial charge in [0.05, 0.1) is 70.9 Å². The smallest absolute Gasteiger partial charge is 0.416 e. The monoisotopic (exact) mass is 940 g/mol. The molecule has 2 N–H and O–H groups in total. The summed E-state index contributed by atoms with van der Waals surface area (Å²) in [7, 11) is 0. The molecule has 0 unspecified atom stereocenters. The zero-order chi connectivity index (χ0) is 47.2. The second-order valence-corrected chi connectivity index (χ2v) is 15.7. The Balaban J connectivity index is 0.000000149. The highest BCUT2D eigenvalue weighted by Crippen LogP contribution is 2.39. The van der Waals surface area contributed by atoms with Crippen molar-refractivity contribution in [2.24, 2.45) is 0 Å². The number of fused-ring (bicyclic) bond motifs is 6. The van der Waals surface area contributed by atoms with E-state index in [1.807, 2.05) is 0 Å². The van der Waals surface area contributed by atoms with Crippen LogP contribution in [0.25, 0.3) is 56.3 Å². The number of ether oxygens (including phenoxy) is 2. The Hall–Kier alpha value is -8.44. The molecule has 0 spiro atoms. The molecule has 16 nitrogen and oxygen atoms in total. The molecule has 0 aliphatic carbocycles. The summed E-state index contributed by atoms with van der Waals surface area (Å²) in [5.41, 5.74) is 0.626. The molecule has 0 amide bonds. The topological polar surface area (TPSA) is 181 Å². The Morgan fingerprint density at radius 1 is 0.574 bits per heavy atom. The van der Waals surface area contributed by atoms with Crippen molar-refractivity contribution in [3.05, 3.63) is 153 Å². The minimum Gasteiger partial charge on any atom is -0.490 e. The SMILES string of the molecule is O=c1[nH]c2cnc(-n3cnc4cc(C(F)(F)F)ccc43)nc2n1[C@@H]1CCOc2c(F)cccc21.O=c1[nH]c2cnc(-n3cnc4ccc(C(F)(F)F)cc43)nc2n1[C@@H]1CCOc2c(F)cccc21. The zero-order valence-electron chi connectivity index (χ0n) is 34.3. The standard InChI is InChI=1S/2C22H14F4N6O2/c23-13-3-1-2-12-16(6-7-34-18(12)13)32-19-15(29-21(32)33)9-27-20(30-19)31-10-28-14-8-11(22(24,25)26)4-5-17(14)31;23-13-3-1-2-12-16(6-7-34-18(12)13)32-19-15(29-21(32)33)9-27-20(30-19)31-10-28-14-5-4-11(8-17(14)31)22(24,25)26/h2*1-5,8-10,16H,6-7H2,(H,29,33)/t2*16-/m11/s1. The summed E-state index contributed by atoms with van der Waals surface area (Å²) in [4.78, 5) is 56.7. The van der Waals surface area contributed by atoms with Crippen LogP contribution in [0.5, 0.6) is 11.5 Å². The molecular weight excluding hydrogens is 913 g/mol. The average molecular weight is 941 g/mol. The molecule has 0 saturated carbocycles. The molecule has 24 heteroatoms. The number of hydrogen-bond acceptors (Lipinski definition) is 10. The molecule has 8 heterocycles. The third kappa shape index (κ3) is 7.05. The van der Waals surface area contributed by atoms with Gasteiger partial charge in [-0.25, -0.2) is 38.3 Å². The number of nitrogens with one attached hydrogen (secondary N) is 2. The van der Waals surface area contributed by atoms with E-state index in [4.69, 9.17) is 9.47 Å². The maximum absolute atomic E-state index is 14.3. The van der Waals surface area contributed by atoms with Crippen molar-refractivity contribution in [3.8, 4) is 23.4 Å². The second-order valence-electron chi connectivity index (χ2n) is 15.7. The fourth-order valence-corrected chi connectivity index (χ4v) is 8.59. The minimum absolute atomic E-state index is 0.0357. The summed E-state index contributed by atoms with van der Waals surface area (Å²) in [6, 6.07) is 14.3. The molecule has 68 heavy (non-hydrogen) atoms. The van der Waals surface area contributed by atoms with E-state index in [0.29, 0.717) is 46.0 Å². The van der Waals surface area contributed by atoms with E-state index in [-0.39, 0.29) is 58.9 Å². The van der Waals surface area contributed by atoms with Crippen LogP contribution < -0.4 is 20.9 Å². The van der Waals surface area contributed by atoms with Crippen molar-refractivity contribution < 1.29 is 44.6 Å². The van der Waals surface area contributed by atoms with E-state index in [0.717, 1.165) is 24.3 Å². The van der Waals surface area contributed by atoms with Crippen LogP contribution in [0.15, 0.2) is 107 Å². The third-order valence-corrected chi connectivity index (χ3v) is 11.7. The van der Waals surface area contributed by atoms with Gasteiger partial charge in [-0.2, -0.15) is 36.3 Å². The van der Waals surface area contributed by atoms with Gasteiger partial charge in [0.25, 0.3) is 0 Å². The van der Waals surface area contributed by atoms with Gasteiger partial charge < -0.3 is 19.4 Å². The van der Waals surface area contributed by atoms with Gasteiger partial charge >= 0.3 is 23.7 Å². The summed E-state index contributed by atoms with van der Waals surface area (Å²) in [5.74, 6) is -0.725. The van der Waals surface area contributed by atoms with E-state index in [2.05, 4.69) is 39.9 Å². The lowest BCUT2D eigenvalue weighted by molar-refractivity contribution is -0.138. The molecule has 0 fully saturated rings. The van der Waals surface area contributed by atoms with Gasteiger partial charge in [-0.15, -0.1) is 0 Å². The number of imidazole rings is 4. The Morgan fingerprint density at radius 2 is 1.06 bits per heavy atom. The minimum atomic E-state index is -4.53. The first-order valence-electron chi connectivity index (χ1n) is 20.5. The van der Waals surface area contributed by atoms with Crippen LogP contribution in [0.1, 0.15) is 47.2 Å². The highest BCUT2D eigenvalue weighted by molar-refractivity contribution is 5.80. The number of benzene rings is 4. The summed E-state index contributed by atoms with van der Waals surface area (Å²) < 4.78 is 124. The highest BCUT2D eigenvalue weighted by atomic mass is 19.4. The summed E-state index contributed by atoms with van der Waals surface area (Å²) in [5, 5.41) is 0. The number of hydrogen-bond donors (Lipinski definition) is 2. The molecule has 10 aromatic rings. The van der Waals surface area contributed by atoms with Gasteiger partial charge in [0.2, 0.25) is 11.9 Å². The lowest BCUT2D eigenvalue weighted by Crippen LogP contribution is -2.28. The fourth-order valence-electron chi connectivity index (χ4n) is 8.59. The van der Waals surface area contributed by atoms with Gasteiger partial charge in [0.15, 0.2) is 34.4 Å². The summed E-state index contributed by atoms with van der Waals surface area (Å²) >= 11 is 0. The highest BCUT2D eigenvalue weighted by Gasteiger charge is 2.34. The van der Waals surface area contributed by atoms with E-state index >= 15 is 0 Å². The van der Waals surface area contributed by atoms with Gasteiger partial charge in [-0.3, -0.25) is 18.3 Å². The van der Waals surface area contributed by atoms with Crippen LogP contribution in [-0.4, -0.2) is 71.4 Å². The van der Waals surface area contributed by atoms with Crippen molar-refractivity contribution in [2.75, 3.05) is 13.2 Å². The number of aromatic nitrogens is 12. The quantitative estimate of drug-likeness (QED) is 0.164. The number of halogens is 8. The molecule has 12 rings (SSSR count). The van der Waals surface area contributed by atoms with Gasteiger partial charge in [0, 0.05) is 24.0 Å². The normalized spacial score (nSPS) is 16.1. The molecule has 2 aliphatic heterocycles. The van der Waals surface area contributed by atoms with E-state index in [1.165, 1.54) is 73.6 Å². The van der Waals surface area contributed by atoms with Crippen molar-refractivity contribution in [1.82, 2.24) is 58.1 Å². The number of aromatic amines is 2. The molecule has 4 aromatic carbocycles. The summed E-state index contributed by atoms with van der Waals surface area (Å²) in [6.45, 7) is 0.408. The van der Waals surface area contributed by atoms with E-state index < -0.39 is 58.6 Å². The molecule has 0 saturated heterocycles. The van der Waals surface area contributed by atoms with Crippen LogP contribution >= 0.6 is 0 Å². The van der Waals surface area contributed by atoms with E-state index in [9.17, 15) is 44.7 Å². The van der Waals surface area contributed by atoms with E-state index in [1.54, 1.807) is 18.2 Å². The number of H-pyrrole nitrogens is 2. The molecular formula is C44H28F8N12O4. The molecule has 2 aliphatic rings. The molecule has 0 radical (unpaired) electrons. The van der Waals surface area contributed by atoms with Crippen LogP contribution in [0.3, 0.4) is 0 Å². The average Bonchev–Trinajstić information content (AvgIpc) is 4.10. The Morgan fingerprint density at radius 3 is 1.59 bits per heavy atom. The lowest BCUT2D eigenvalue weighted by atomic mass is 10.00. The lowest BCUT2D eigenvalue weighted by Gasteiger charge is -2.26. The summed E-state index contributed by atoms with van der Waals surface area (Å²) in [6.07, 6.45) is -2.78. The predicted molar refractivity (Wildman–Crippen MR) is 225 cm³/mol. The number of alkyl halides is 6. The van der Waals surface area contributed by atoms with Crippen molar-refractivity contribution in [1.29, 1.82) is 0 Å². The predicted octanol–water partition coefficient (Wildman–Crippen LogP) is 7.98. The molecule has 6 aromatic heterocycles. The fraction of sp³-hybridized carbons (Fsp3) is 0.182. The number of para-hydroxylation sites is 2. The largest absolute Gasteiger partial charge is 0.490 e. The van der Waals surface area contributed by atoms with Crippen molar-refractivity contribution in [3.63, 3.8) is 0 Å². The first-order valence-corrected chi connectivity index (χ1v) is 20.5. The molecule has 2 atom stereocenters. The van der Waals surface area contributed by atoms with Gasteiger partial charge in [-0.05, 0) is 48.5 Å². The van der Waals surface area contributed by atoms with Crippen molar-refractivity contribution in [2.45, 2.75) is 37.3 Å². The van der Waals surface area contributed by atoms with Crippen LogP contribution in [0.4, 0.5) is 35.1 Å². The van der Waals surface area contributed by atoms with Crippen LogP contribution in [-0.2, 0) is 12.4 Å². The number of nitrogens with zero attached hydrogens (tertiary/aromatic N) is 10. The molecule has 0 bridgehead atoms. The second kappa shape index (κ2) is 15.6. The first kappa shape index (κ1) is 42.2. The Kier molecular flexibility index (Phi) is 9.68. The first-order chi connectivity index (χ1) is 32.6. The third-order valence-electron chi connectivity index (χ3n) is 11.7. The Bertz CT molecular complexity index is 3760. The van der Waals surface area contributed by atoms with Crippen molar-refractivity contribution >= 4 is 44.4 Å². The zero-order valence-corrected chi connectivity index (χ0v) is 34.3. The van der Waals surface area contributed by atoms with Crippen LogP contribution in [0.2, 0.25) is 0 Å². The van der Waals surface area contributed by atoms with Crippen LogP contribution in [0, 0.1) is 11.6 Å². The Labute approximate surface area is 373 Å². The van der Waals surface area contributed by atoms with Gasteiger partial charge in [-0.1, -0.05) is 24.3 Å². The molecule has 344 valence electrons. The maximum atomic E-state index is 14.3. The maximum Gasteiger partial charge on any atom is 0.416 e.